The highest BCUT2D eigenvalue weighted by Crippen LogP contribution is 2.39. The van der Waals surface area contributed by atoms with Crippen LogP contribution in [-0.2, 0) is 10.9 Å². The molecule has 1 heterocycles. The topological polar surface area (TPSA) is 21.3 Å². The van der Waals surface area contributed by atoms with Gasteiger partial charge in [0.25, 0.3) is 0 Å². The molecule has 0 saturated carbocycles. The Labute approximate surface area is 131 Å². The monoisotopic (exact) mass is 365 g/mol. The minimum Gasteiger partial charge on any atom is -0.381 e. The maximum atomic E-state index is 13.3. The molecule has 1 aromatic carbocycles. The summed E-state index contributed by atoms with van der Waals surface area (Å²) in [4.78, 5) is 0. The molecule has 0 aliphatic carbocycles. The fraction of sp³-hybridized carbons (Fsp3) is 0.600. The first-order chi connectivity index (χ1) is 9.93. The largest absolute Gasteiger partial charge is 0.416 e. The third-order valence-corrected chi connectivity index (χ3v) is 4.24. The van der Waals surface area contributed by atoms with Crippen LogP contribution in [0.25, 0.3) is 0 Å². The van der Waals surface area contributed by atoms with Gasteiger partial charge < -0.3 is 10.1 Å². The molecule has 0 aromatic heterocycles. The molecule has 2 unspecified atom stereocenters. The number of alkyl halides is 3. The number of hydrogen-bond acceptors (Lipinski definition) is 2. The van der Waals surface area contributed by atoms with Gasteiger partial charge in [0, 0.05) is 23.0 Å². The number of rotatable bonds is 4. The third kappa shape index (κ3) is 4.20. The second-order valence-electron chi connectivity index (χ2n) is 5.24. The van der Waals surface area contributed by atoms with E-state index < -0.39 is 11.7 Å². The van der Waals surface area contributed by atoms with Crippen molar-refractivity contribution in [2.75, 3.05) is 19.8 Å². The summed E-state index contributed by atoms with van der Waals surface area (Å²) in [6, 6.07) is 4.05. The molecular formula is C15H19BrF3NO. The van der Waals surface area contributed by atoms with Gasteiger partial charge in [-0.1, -0.05) is 28.9 Å². The number of halogens is 4. The van der Waals surface area contributed by atoms with Gasteiger partial charge in [-0.3, -0.25) is 0 Å². The van der Waals surface area contributed by atoms with Crippen molar-refractivity contribution in [1.82, 2.24) is 5.32 Å². The molecule has 2 nitrogen and oxygen atoms in total. The Balaban J connectivity index is 2.39. The molecule has 1 fully saturated rings. The number of ether oxygens (including phenoxy) is 1. The second-order valence-corrected chi connectivity index (χ2v) is 6.16. The Morgan fingerprint density at radius 2 is 2.19 bits per heavy atom. The summed E-state index contributed by atoms with van der Waals surface area (Å²) in [5, 5.41) is 3.21. The molecule has 1 aliphatic rings. The van der Waals surface area contributed by atoms with Crippen LogP contribution in [0.5, 0.6) is 0 Å². The average Bonchev–Trinajstić information content (AvgIpc) is 2.45. The van der Waals surface area contributed by atoms with E-state index >= 15 is 0 Å². The first-order valence-corrected chi connectivity index (χ1v) is 7.90. The molecule has 118 valence electrons. The lowest BCUT2D eigenvalue weighted by Gasteiger charge is -2.32. The van der Waals surface area contributed by atoms with Crippen molar-refractivity contribution in [3.63, 3.8) is 0 Å². The summed E-state index contributed by atoms with van der Waals surface area (Å²) in [5.74, 6) is 0.0703. The van der Waals surface area contributed by atoms with Crippen LogP contribution in [0.15, 0.2) is 22.7 Å². The zero-order chi connectivity index (χ0) is 15.5. The van der Waals surface area contributed by atoms with E-state index in [2.05, 4.69) is 21.2 Å². The van der Waals surface area contributed by atoms with Crippen LogP contribution < -0.4 is 5.32 Å². The van der Waals surface area contributed by atoms with Crippen molar-refractivity contribution < 1.29 is 17.9 Å². The summed E-state index contributed by atoms with van der Waals surface area (Å²) in [7, 11) is 0. The van der Waals surface area contributed by atoms with Crippen molar-refractivity contribution in [2.24, 2.45) is 5.92 Å². The maximum absolute atomic E-state index is 13.3. The zero-order valence-electron chi connectivity index (χ0n) is 11.8. The summed E-state index contributed by atoms with van der Waals surface area (Å²) in [6.45, 7) is 3.73. The quantitative estimate of drug-likeness (QED) is 0.845. The smallest absolute Gasteiger partial charge is 0.381 e. The number of nitrogens with one attached hydrogen (secondary N) is 1. The number of hydrogen-bond donors (Lipinski definition) is 1. The van der Waals surface area contributed by atoms with Crippen LogP contribution >= 0.6 is 15.9 Å². The van der Waals surface area contributed by atoms with E-state index in [9.17, 15) is 13.2 Å². The van der Waals surface area contributed by atoms with Gasteiger partial charge in [-0.15, -0.1) is 0 Å². The van der Waals surface area contributed by atoms with E-state index in [0.29, 0.717) is 29.8 Å². The Morgan fingerprint density at radius 1 is 1.43 bits per heavy atom. The highest BCUT2D eigenvalue weighted by molar-refractivity contribution is 9.10. The highest BCUT2D eigenvalue weighted by Gasteiger charge is 2.37. The van der Waals surface area contributed by atoms with Gasteiger partial charge in [0.15, 0.2) is 0 Å². The van der Waals surface area contributed by atoms with Crippen molar-refractivity contribution in [1.29, 1.82) is 0 Å². The van der Waals surface area contributed by atoms with E-state index in [1.165, 1.54) is 0 Å². The minimum atomic E-state index is -4.36. The van der Waals surface area contributed by atoms with E-state index in [-0.39, 0.29) is 12.0 Å². The molecule has 0 radical (unpaired) electrons. The second kappa shape index (κ2) is 7.11. The Morgan fingerprint density at radius 3 is 2.76 bits per heavy atom. The zero-order valence-corrected chi connectivity index (χ0v) is 13.4. The Kier molecular flexibility index (Phi) is 5.68. The van der Waals surface area contributed by atoms with Gasteiger partial charge in [0.1, 0.15) is 0 Å². The van der Waals surface area contributed by atoms with Gasteiger partial charge in [0.05, 0.1) is 12.2 Å². The third-order valence-electron chi connectivity index (χ3n) is 3.75. The molecule has 0 bridgehead atoms. The standard InChI is InChI=1S/C15H19BrF3NO/c1-2-20-14(10-4-3-7-21-9-10)12-6-5-11(16)8-13(12)15(17,18)19/h5-6,8,10,14,20H,2-4,7,9H2,1H3. The molecule has 1 saturated heterocycles. The average molecular weight is 366 g/mol. The lowest BCUT2D eigenvalue weighted by Crippen LogP contribution is -2.34. The van der Waals surface area contributed by atoms with E-state index in [0.717, 1.165) is 18.9 Å². The molecule has 0 amide bonds. The summed E-state index contributed by atoms with van der Waals surface area (Å²) in [6.07, 6.45) is -2.59. The van der Waals surface area contributed by atoms with E-state index in [4.69, 9.17) is 4.74 Å². The summed E-state index contributed by atoms with van der Waals surface area (Å²) in [5.41, 5.74) is -0.267. The molecule has 6 heteroatoms. The summed E-state index contributed by atoms with van der Waals surface area (Å²) >= 11 is 3.13. The normalized spacial score (nSPS) is 21.3. The Bertz CT molecular complexity index is 472. The minimum absolute atomic E-state index is 0.0703. The fourth-order valence-electron chi connectivity index (χ4n) is 2.82. The van der Waals surface area contributed by atoms with Crippen molar-refractivity contribution in [3.05, 3.63) is 33.8 Å². The van der Waals surface area contributed by atoms with E-state index in [1.807, 2.05) is 6.92 Å². The predicted molar refractivity (Wildman–Crippen MR) is 79.1 cm³/mol. The predicted octanol–water partition coefficient (Wildman–Crippen LogP) is 4.55. The highest BCUT2D eigenvalue weighted by atomic mass is 79.9. The van der Waals surface area contributed by atoms with Gasteiger partial charge >= 0.3 is 6.18 Å². The molecular weight excluding hydrogens is 347 g/mol. The molecule has 21 heavy (non-hydrogen) atoms. The lowest BCUT2D eigenvalue weighted by molar-refractivity contribution is -0.138. The SMILES string of the molecule is CCNC(c1ccc(Br)cc1C(F)(F)F)C1CCCOC1. The van der Waals surface area contributed by atoms with Crippen molar-refractivity contribution in [2.45, 2.75) is 32.0 Å². The molecule has 1 aliphatic heterocycles. The maximum Gasteiger partial charge on any atom is 0.416 e. The lowest BCUT2D eigenvalue weighted by atomic mass is 9.86. The van der Waals surface area contributed by atoms with Crippen molar-refractivity contribution >= 4 is 15.9 Å². The van der Waals surface area contributed by atoms with Gasteiger partial charge in [0.2, 0.25) is 0 Å². The van der Waals surface area contributed by atoms with Crippen LogP contribution in [0.3, 0.4) is 0 Å². The first-order valence-electron chi connectivity index (χ1n) is 7.11. The molecule has 1 N–H and O–H groups in total. The van der Waals surface area contributed by atoms with Crippen LogP contribution in [0.4, 0.5) is 13.2 Å². The van der Waals surface area contributed by atoms with Gasteiger partial charge in [-0.2, -0.15) is 13.2 Å². The van der Waals surface area contributed by atoms with E-state index in [1.54, 1.807) is 12.1 Å². The Hall–Kier alpha value is -0.590. The van der Waals surface area contributed by atoms with Crippen LogP contribution in [-0.4, -0.2) is 19.8 Å². The van der Waals surface area contributed by atoms with Crippen molar-refractivity contribution in [3.8, 4) is 0 Å². The molecule has 1 aromatic rings. The molecule has 2 rings (SSSR count). The first kappa shape index (κ1) is 16.8. The molecule has 0 spiro atoms. The molecule has 2 atom stereocenters. The number of benzene rings is 1. The summed E-state index contributed by atoms with van der Waals surface area (Å²) < 4.78 is 45.8. The fourth-order valence-corrected chi connectivity index (χ4v) is 3.19. The van der Waals surface area contributed by atoms with Crippen LogP contribution in [0.2, 0.25) is 0 Å². The van der Waals surface area contributed by atoms with Crippen LogP contribution in [0.1, 0.15) is 36.9 Å². The van der Waals surface area contributed by atoms with Crippen LogP contribution in [0, 0.1) is 5.92 Å². The van der Waals surface area contributed by atoms with Gasteiger partial charge in [-0.25, -0.2) is 0 Å². The van der Waals surface area contributed by atoms with Gasteiger partial charge in [-0.05, 0) is 37.1 Å².